The van der Waals surface area contributed by atoms with Crippen LogP contribution in [-0.4, -0.2) is 39.2 Å². The Morgan fingerprint density at radius 3 is 2.90 bits per heavy atom. The van der Waals surface area contributed by atoms with E-state index in [9.17, 15) is 4.79 Å². The standard InChI is InChI=1S/C23H24N6O2/c1-4-10-28(3)14-19-13-17-12-18(8-9-20(17)31-19)25-23-26-22(24)29(27-23)21(30)16-7-5-6-15(2)11-16/h4-9,11-13H,1,10,14H2,2-3H3,(H3,24,25,26,27). The number of nitrogens with two attached hydrogens (primary N) is 1. The predicted octanol–water partition coefficient (Wildman–Crippen LogP) is 3.96. The molecule has 0 radical (unpaired) electrons. The lowest BCUT2D eigenvalue weighted by Gasteiger charge is -2.11. The minimum Gasteiger partial charge on any atom is -0.460 e. The Morgan fingerprint density at radius 1 is 1.29 bits per heavy atom. The van der Waals surface area contributed by atoms with Gasteiger partial charge in [0.2, 0.25) is 11.9 Å². The van der Waals surface area contributed by atoms with Gasteiger partial charge >= 0.3 is 0 Å². The summed E-state index contributed by atoms with van der Waals surface area (Å²) in [5, 5.41) is 8.30. The van der Waals surface area contributed by atoms with Gasteiger partial charge in [0.05, 0.1) is 6.54 Å². The quantitative estimate of drug-likeness (QED) is 0.440. The van der Waals surface area contributed by atoms with Gasteiger partial charge in [-0.3, -0.25) is 9.69 Å². The Hall–Kier alpha value is -3.91. The number of anilines is 3. The number of nitrogen functional groups attached to an aromatic ring is 1. The van der Waals surface area contributed by atoms with E-state index in [0.29, 0.717) is 12.1 Å². The molecule has 4 rings (SSSR count). The lowest BCUT2D eigenvalue weighted by Crippen LogP contribution is -2.16. The largest absolute Gasteiger partial charge is 0.460 e. The Bertz CT molecular complexity index is 1260. The Balaban J connectivity index is 1.53. The molecular weight excluding hydrogens is 392 g/mol. The van der Waals surface area contributed by atoms with Crippen molar-refractivity contribution in [3.05, 3.63) is 78.1 Å². The number of fused-ring (bicyclic) bond motifs is 1. The number of nitrogens with one attached hydrogen (secondary N) is 1. The molecule has 2 aromatic carbocycles. The summed E-state index contributed by atoms with van der Waals surface area (Å²) in [7, 11) is 2.01. The van der Waals surface area contributed by atoms with Gasteiger partial charge in [-0.1, -0.05) is 23.8 Å². The van der Waals surface area contributed by atoms with Crippen molar-refractivity contribution in [2.75, 3.05) is 24.6 Å². The number of benzene rings is 2. The lowest BCUT2D eigenvalue weighted by molar-refractivity contribution is 0.0948. The molecular formula is C23H24N6O2. The third-order valence-corrected chi connectivity index (χ3v) is 4.78. The minimum absolute atomic E-state index is 0.0194. The first-order valence-corrected chi connectivity index (χ1v) is 9.86. The fourth-order valence-corrected chi connectivity index (χ4v) is 3.36. The molecule has 0 aliphatic carbocycles. The van der Waals surface area contributed by atoms with Crippen molar-refractivity contribution in [3.63, 3.8) is 0 Å². The van der Waals surface area contributed by atoms with E-state index in [1.54, 1.807) is 12.1 Å². The van der Waals surface area contributed by atoms with Crippen LogP contribution in [0.25, 0.3) is 11.0 Å². The van der Waals surface area contributed by atoms with Crippen LogP contribution in [0.15, 0.2) is 65.6 Å². The first-order chi connectivity index (χ1) is 14.9. The van der Waals surface area contributed by atoms with Gasteiger partial charge in [0.15, 0.2) is 0 Å². The van der Waals surface area contributed by atoms with E-state index in [0.717, 1.165) is 39.2 Å². The minimum atomic E-state index is -0.333. The van der Waals surface area contributed by atoms with Crippen molar-refractivity contribution in [2.45, 2.75) is 13.5 Å². The molecule has 4 aromatic rings. The average Bonchev–Trinajstić information content (AvgIpc) is 3.29. The fourth-order valence-electron chi connectivity index (χ4n) is 3.36. The SMILES string of the molecule is C=CCN(C)Cc1cc2cc(Nc3nc(N)n(C(=O)c4cccc(C)c4)n3)ccc2o1. The summed E-state index contributed by atoms with van der Waals surface area (Å²) in [5.41, 5.74) is 8.97. The fraction of sp³-hybridized carbons (Fsp3) is 0.174. The lowest BCUT2D eigenvalue weighted by atomic mass is 10.1. The van der Waals surface area contributed by atoms with Gasteiger partial charge in [-0.05, 0) is 50.4 Å². The second-order valence-corrected chi connectivity index (χ2v) is 7.46. The number of nitrogens with zero attached hydrogens (tertiary/aromatic N) is 4. The van der Waals surface area contributed by atoms with Crippen LogP contribution in [0.5, 0.6) is 0 Å². The number of rotatable bonds is 7. The first kappa shape index (κ1) is 20.4. The highest BCUT2D eigenvalue weighted by Gasteiger charge is 2.16. The molecule has 0 bridgehead atoms. The molecule has 31 heavy (non-hydrogen) atoms. The summed E-state index contributed by atoms with van der Waals surface area (Å²) in [6.45, 7) is 7.14. The number of carbonyl (C=O) groups is 1. The Labute approximate surface area is 180 Å². The smallest absolute Gasteiger partial charge is 0.281 e. The maximum atomic E-state index is 12.7. The van der Waals surface area contributed by atoms with E-state index in [1.807, 2.05) is 56.4 Å². The molecule has 0 atom stereocenters. The first-order valence-electron chi connectivity index (χ1n) is 9.86. The Morgan fingerprint density at radius 2 is 2.13 bits per heavy atom. The summed E-state index contributed by atoms with van der Waals surface area (Å²) in [6.07, 6.45) is 1.85. The van der Waals surface area contributed by atoms with Gasteiger partial charge in [0, 0.05) is 23.2 Å². The van der Waals surface area contributed by atoms with Crippen LogP contribution in [0.3, 0.4) is 0 Å². The molecule has 8 nitrogen and oxygen atoms in total. The van der Waals surface area contributed by atoms with Crippen molar-refractivity contribution in [3.8, 4) is 0 Å². The second-order valence-electron chi connectivity index (χ2n) is 7.46. The molecule has 0 fully saturated rings. The summed E-state index contributed by atoms with van der Waals surface area (Å²) >= 11 is 0. The molecule has 3 N–H and O–H groups in total. The Kier molecular flexibility index (Phi) is 5.55. The zero-order valence-corrected chi connectivity index (χ0v) is 17.5. The highest BCUT2D eigenvalue weighted by molar-refractivity contribution is 5.97. The molecule has 0 spiro atoms. The molecule has 2 aromatic heterocycles. The van der Waals surface area contributed by atoms with E-state index in [-0.39, 0.29) is 17.8 Å². The van der Waals surface area contributed by atoms with Crippen LogP contribution in [0, 0.1) is 6.92 Å². The molecule has 0 aliphatic heterocycles. The van der Waals surface area contributed by atoms with Crippen LogP contribution in [0.4, 0.5) is 17.6 Å². The van der Waals surface area contributed by atoms with Gasteiger partial charge in [-0.2, -0.15) is 9.67 Å². The highest BCUT2D eigenvalue weighted by Crippen LogP contribution is 2.25. The molecule has 0 saturated heterocycles. The number of carbonyl (C=O) groups excluding carboxylic acids is 1. The van der Waals surface area contributed by atoms with Crippen LogP contribution in [0.1, 0.15) is 21.7 Å². The second kappa shape index (κ2) is 8.45. The summed E-state index contributed by atoms with van der Waals surface area (Å²) < 4.78 is 7.00. The number of likely N-dealkylation sites (N-methyl/N-ethyl adjacent to an activating group) is 1. The molecule has 0 unspecified atom stereocenters. The molecule has 2 heterocycles. The normalized spacial score (nSPS) is 11.2. The van der Waals surface area contributed by atoms with Gasteiger partial charge in [-0.25, -0.2) is 0 Å². The highest BCUT2D eigenvalue weighted by atomic mass is 16.3. The van der Waals surface area contributed by atoms with E-state index >= 15 is 0 Å². The van der Waals surface area contributed by atoms with Gasteiger partial charge in [0.1, 0.15) is 11.3 Å². The molecule has 8 heteroatoms. The van der Waals surface area contributed by atoms with Crippen molar-refractivity contribution in [2.24, 2.45) is 0 Å². The number of hydrogen-bond donors (Lipinski definition) is 2. The van der Waals surface area contributed by atoms with Crippen LogP contribution < -0.4 is 11.1 Å². The van der Waals surface area contributed by atoms with E-state index < -0.39 is 0 Å². The number of aromatic nitrogens is 3. The maximum Gasteiger partial charge on any atom is 0.281 e. The zero-order chi connectivity index (χ0) is 22.0. The summed E-state index contributed by atoms with van der Waals surface area (Å²) in [5.74, 6) is 0.797. The van der Waals surface area contributed by atoms with Crippen molar-refractivity contribution >= 4 is 34.5 Å². The van der Waals surface area contributed by atoms with E-state index in [2.05, 4.69) is 26.9 Å². The molecule has 158 valence electrons. The van der Waals surface area contributed by atoms with Gasteiger partial charge in [-0.15, -0.1) is 11.7 Å². The van der Waals surface area contributed by atoms with Crippen molar-refractivity contribution in [1.82, 2.24) is 19.7 Å². The van der Waals surface area contributed by atoms with Gasteiger partial charge < -0.3 is 15.5 Å². The predicted molar refractivity (Wildman–Crippen MR) is 121 cm³/mol. The van der Waals surface area contributed by atoms with Crippen LogP contribution >= 0.6 is 0 Å². The van der Waals surface area contributed by atoms with Gasteiger partial charge in [0.25, 0.3) is 5.91 Å². The van der Waals surface area contributed by atoms with Crippen LogP contribution in [-0.2, 0) is 6.54 Å². The van der Waals surface area contributed by atoms with E-state index in [1.165, 1.54) is 0 Å². The zero-order valence-electron chi connectivity index (χ0n) is 17.5. The molecule has 0 saturated carbocycles. The third kappa shape index (κ3) is 4.49. The van der Waals surface area contributed by atoms with Crippen LogP contribution in [0.2, 0.25) is 0 Å². The topological polar surface area (TPSA) is 102 Å². The van der Waals surface area contributed by atoms with E-state index in [4.69, 9.17) is 10.2 Å². The average molecular weight is 416 g/mol. The third-order valence-electron chi connectivity index (χ3n) is 4.78. The van der Waals surface area contributed by atoms with Crippen molar-refractivity contribution < 1.29 is 9.21 Å². The number of aryl methyl sites for hydroxylation is 1. The summed E-state index contributed by atoms with van der Waals surface area (Å²) in [6, 6.07) is 14.9. The molecule has 0 amide bonds. The maximum absolute atomic E-state index is 12.7. The van der Waals surface area contributed by atoms with Crippen molar-refractivity contribution in [1.29, 1.82) is 0 Å². The number of furan rings is 1. The monoisotopic (exact) mass is 416 g/mol. The summed E-state index contributed by atoms with van der Waals surface area (Å²) in [4.78, 5) is 19.0. The number of hydrogen-bond acceptors (Lipinski definition) is 7. The molecule has 0 aliphatic rings.